The van der Waals surface area contributed by atoms with Crippen LogP contribution in [-0.4, -0.2) is 41.9 Å². The van der Waals surface area contributed by atoms with Crippen LogP contribution in [0.3, 0.4) is 0 Å². The molecule has 0 spiro atoms. The second kappa shape index (κ2) is 5.53. The molecule has 0 bridgehead atoms. The van der Waals surface area contributed by atoms with E-state index >= 15 is 0 Å². The fourth-order valence-electron chi connectivity index (χ4n) is 2.54. The average Bonchev–Trinajstić information content (AvgIpc) is 2.71. The standard InChI is InChI=1S/C15H27N3O/c1-15(2,3)13-9-16-18-10-12(11-19-14(13)18)7-6-8-17(4)5/h9,12H,6-8,10-11H2,1-5H3. The van der Waals surface area contributed by atoms with Gasteiger partial charge in [-0.2, -0.15) is 5.10 Å². The van der Waals surface area contributed by atoms with Gasteiger partial charge in [0.15, 0.2) is 0 Å². The molecule has 0 N–H and O–H groups in total. The summed E-state index contributed by atoms with van der Waals surface area (Å²) < 4.78 is 8.02. The van der Waals surface area contributed by atoms with Gasteiger partial charge in [-0.15, -0.1) is 0 Å². The van der Waals surface area contributed by atoms with Crippen LogP contribution in [0.25, 0.3) is 0 Å². The summed E-state index contributed by atoms with van der Waals surface area (Å²) >= 11 is 0. The van der Waals surface area contributed by atoms with Crippen molar-refractivity contribution < 1.29 is 4.74 Å². The fraction of sp³-hybridized carbons (Fsp3) is 0.800. The van der Waals surface area contributed by atoms with Crippen molar-refractivity contribution in [2.45, 2.75) is 45.6 Å². The second-order valence-corrected chi connectivity index (χ2v) is 6.92. The Morgan fingerprint density at radius 3 is 2.79 bits per heavy atom. The van der Waals surface area contributed by atoms with Crippen LogP contribution in [0.4, 0.5) is 0 Å². The molecular weight excluding hydrogens is 238 g/mol. The van der Waals surface area contributed by atoms with E-state index in [0.29, 0.717) is 5.92 Å². The molecule has 19 heavy (non-hydrogen) atoms. The largest absolute Gasteiger partial charge is 0.477 e. The van der Waals surface area contributed by atoms with Gasteiger partial charge in [0.1, 0.15) is 0 Å². The van der Waals surface area contributed by atoms with E-state index in [1.54, 1.807) is 0 Å². The lowest BCUT2D eigenvalue weighted by molar-refractivity contribution is 0.150. The molecule has 1 aliphatic heterocycles. The van der Waals surface area contributed by atoms with E-state index in [2.05, 4.69) is 44.9 Å². The maximum atomic E-state index is 5.98. The smallest absolute Gasteiger partial charge is 0.215 e. The maximum Gasteiger partial charge on any atom is 0.215 e. The highest BCUT2D eigenvalue weighted by molar-refractivity contribution is 5.31. The molecule has 4 nitrogen and oxygen atoms in total. The Morgan fingerprint density at radius 1 is 1.42 bits per heavy atom. The van der Waals surface area contributed by atoms with Crippen LogP contribution in [0, 0.1) is 5.92 Å². The molecule has 1 unspecified atom stereocenters. The zero-order valence-electron chi connectivity index (χ0n) is 12.9. The summed E-state index contributed by atoms with van der Waals surface area (Å²) in [4.78, 5) is 2.24. The highest BCUT2D eigenvalue weighted by atomic mass is 16.5. The minimum atomic E-state index is 0.103. The van der Waals surface area contributed by atoms with Crippen molar-refractivity contribution in [3.8, 4) is 5.88 Å². The van der Waals surface area contributed by atoms with Gasteiger partial charge in [0.2, 0.25) is 5.88 Å². The van der Waals surface area contributed by atoms with Gasteiger partial charge in [-0.25, -0.2) is 4.68 Å². The molecule has 1 aliphatic rings. The first-order chi connectivity index (χ1) is 8.88. The Morgan fingerprint density at radius 2 is 2.16 bits per heavy atom. The Bertz CT molecular complexity index is 418. The summed E-state index contributed by atoms with van der Waals surface area (Å²) in [6.45, 7) is 9.60. The number of aromatic nitrogens is 2. The van der Waals surface area contributed by atoms with Crippen LogP contribution in [0.1, 0.15) is 39.2 Å². The zero-order chi connectivity index (χ0) is 14.0. The number of fused-ring (bicyclic) bond motifs is 1. The van der Waals surface area contributed by atoms with Gasteiger partial charge in [-0.05, 0) is 38.9 Å². The van der Waals surface area contributed by atoms with Crippen LogP contribution in [0.2, 0.25) is 0 Å². The molecule has 0 radical (unpaired) electrons. The second-order valence-electron chi connectivity index (χ2n) is 6.92. The van der Waals surface area contributed by atoms with Crippen molar-refractivity contribution in [1.29, 1.82) is 0 Å². The molecule has 0 saturated carbocycles. The van der Waals surface area contributed by atoms with Crippen LogP contribution in [0.5, 0.6) is 5.88 Å². The highest BCUT2D eigenvalue weighted by Gasteiger charge is 2.28. The molecular formula is C15H27N3O. The molecule has 2 rings (SSSR count). The Hall–Kier alpha value is -1.03. The fourth-order valence-corrected chi connectivity index (χ4v) is 2.54. The summed E-state index contributed by atoms with van der Waals surface area (Å²) in [5, 5.41) is 4.50. The van der Waals surface area contributed by atoms with Crippen molar-refractivity contribution in [3.05, 3.63) is 11.8 Å². The first-order valence-corrected chi connectivity index (χ1v) is 7.21. The van der Waals surface area contributed by atoms with Gasteiger partial charge in [-0.3, -0.25) is 0 Å². The van der Waals surface area contributed by atoms with E-state index in [4.69, 9.17) is 4.74 Å². The van der Waals surface area contributed by atoms with Crippen LogP contribution >= 0.6 is 0 Å². The van der Waals surface area contributed by atoms with E-state index in [0.717, 1.165) is 25.6 Å². The minimum absolute atomic E-state index is 0.103. The van der Waals surface area contributed by atoms with Crippen molar-refractivity contribution in [2.24, 2.45) is 5.92 Å². The van der Waals surface area contributed by atoms with Gasteiger partial charge in [0.05, 0.1) is 19.3 Å². The zero-order valence-corrected chi connectivity index (χ0v) is 12.9. The summed E-state index contributed by atoms with van der Waals surface area (Å²) in [6.07, 6.45) is 4.41. The Balaban J connectivity index is 1.96. The Labute approximate surface area is 116 Å². The first kappa shape index (κ1) is 14.4. The molecule has 1 atom stereocenters. The van der Waals surface area contributed by atoms with Crippen LogP contribution in [-0.2, 0) is 12.0 Å². The summed E-state index contributed by atoms with van der Waals surface area (Å²) in [5.74, 6) is 1.58. The van der Waals surface area contributed by atoms with Gasteiger partial charge in [0, 0.05) is 11.5 Å². The average molecular weight is 265 g/mol. The molecule has 2 heterocycles. The maximum absolute atomic E-state index is 5.98. The molecule has 1 aromatic heterocycles. The predicted octanol–water partition coefficient (Wildman–Crippen LogP) is 2.53. The molecule has 0 amide bonds. The summed E-state index contributed by atoms with van der Waals surface area (Å²) in [7, 11) is 4.25. The van der Waals surface area contributed by atoms with Gasteiger partial charge >= 0.3 is 0 Å². The van der Waals surface area contributed by atoms with E-state index in [-0.39, 0.29) is 5.41 Å². The minimum Gasteiger partial charge on any atom is -0.477 e. The SMILES string of the molecule is CN(C)CCCC1COc2c(C(C)(C)C)cnn2C1. The third-order valence-corrected chi connectivity index (χ3v) is 3.70. The van der Waals surface area contributed by atoms with Gasteiger partial charge < -0.3 is 9.64 Å². The van der Waals surface area contributed by atoms with E-state index < -0.39 is 0 Å². The van der Waals surface area contributed by atoms with E-state index in [1.165, 1.54) is 18.4 Å². The molecule has 1 aromatic rings. The molecule has 0 fully saturated rings. The van der Waals surface area contributed by atoms with Gasteiger partial charge in [-0.1, -0.05) is 20.8 Å². The monoisotopic (exact) mass is 265 g/mol. The van der Waals surface area contributed by atoms with Crippen molar-refractivity contribution in [2.75, 3.05) is 27.2 Å². The first-order valence-electron chi connectivity index (χ1n) is 7.21. The molecule has 108 valence electrons. The lowest BCUT2D eigenvalue weighted by Crippen LogP contribution is -2.28. The highest BCUT2D eigenvalue weighted by Crippen LogP contribution is 2.34. The Kier molecular flexibility index (Phi) is 4.19. The van der Waals surface area contributed by atoms with E-state index in [1.807, 2.05) is 10.9 Å². The van der Waals surface area contributed by atoms with Crippen molar-refractivity contribution >= 4 is 0 Å². The van der Waals surface area contributed by atoms with Gasteiger partial charge in [0.25, 0.3) is 0 Å². The number of nitrogens with zero attached hydrogens (tertiary/aromatic N) is 3. The number of hydrogen-bond donors (Lipinski definition) is 0. The molecule has 0 saturated heterocycles. The summed E-state index contributed by atoms with van der Waals surface area (Å²) in [6, 6.07) is 0. The van der Waals surface area contributed by atoms with Crippen molar-refractivity contribution in [1.82, 2.24) is 14.7 Å². The number of hydrogen-bond acceptors (Lipinski definition) is 3. The lowest BCUT2D eigenvalue weighted by Gasteiger charge is -2.27. The number of ether oxygens (including phenoxy) is 1. The third-order valence-electron chi connectivity index (χ3n) is 3.70. The predicted molar refractivity (Wildman–Crippen MR) is 77.7 cm³/mol. The lowest BCUT2D eigenvalue weighted by atomic mass is 9.89. The molecule has 4 heteroatoms. The quantitative estimate of drug-likeness (QED) is 0.838. The number of rotatable bonds is 4. The molecule has 0 aromatic carbocycles. The third kappa shape index (κ3) is 3.50. The van der Waals surface area contributed by atoms with Crippen molar-refractivity contribution in [3.63, 3.8) is 0 Å². The summed E-state index contributed by atoms with van der Waals surface area (Å²) in [5.41, 5.74) is 1.32. The van der Waals surface area contributed by atoms with Crippen LogP contribution < -0.4 is 4.74 Å². The topological polar surface area (TPSA) is 30.3 Å². The van der Waals surface area contributed by atoms with E-state index in [9.17, 15) is 0 Å². The normalized spacial score (nSPS) is 19.4. The van der Waals surface area contributed by atoms with Crippen LogP contribution in [0.15, 0.2) is 6.20 Å². The molecule has 0 aliphatic carbocycles.